The highest BCUT2D eigenvalue weighted by Crippen LogP contribution is 2.39. The summed E-state index contributed by atoms with van der Waals surface area (Å²) in [5.74, 6) is -0.827. The van der Waals surface area contributed by atoms with Crippen molar-refractivity contribution < 1.29 is 19.1 Å². The number of carbonyl (C=O) groups is 2. The average molecular weight is 506 g/mol. The molecule has 1 aliphatic rings. The van der Waals surface area contributed by atoms with Gasteiger partial charge in [-0.2, -0.15) is 5.26 Å². The molecule has 1 atom stereocenters. The molecule has 186 valence electrons. The first-order valence-electron chi connectivity index (χ1n) is 11.4. The minimum atomic E-state index is -0.690. The molecule has 36 heavy (non-hydrogen) atoms. The van der Waals surface area contributed by atoms with Crippen LogP contribution in [0.4, 0.5) is 0 Å². The maximum atomic E-state index is 13.4. The van der Waals surface area contributed by atoms with Gasteiger partial charge in [0.25, 0.3) is 0 Å². The quantitative estimate of drug-likeness (QED) is 0.372. The van der Waals surface area contributed by atoms with Crippen LogP contribution in [0.5, 0.6) is 5.75 Å². The van der Waals surface area contributed by atoms with Gasteiger partial charge < -0.3 is 20.1 Å². The van der Waals surface area contributed by atoms with Gasteiger partial charge in [0, 0.05) is 28.5 Å². The zero-order valence-corrected chi connectivity index (χ0v) is 21.2. The highest BCUT2D eigenvalue weighted by Gasteiger charge is 2.37. The van der Waals surface area contributed by atoms with E-state index in [1.54, 1.807) is 39.2 Å². The van der Waals surface area contributed by atoms with Crippen LogP contribution in [0.2, 0.25) is 5.02 Å². The van der Waals surface area contributed by atoms with Gasteiger partial charge in [0.05, 0.1) is 31.1 Å². The molecule has 1 amide bonds. The second-order valence-corrected chi connectivity index (χ2v) is 8.56. The lowest BCUT2D eigenvalue weighted by molar-refractivity contribution is -0.139. The molecule has 1 aliphatic heterocycles. The first kappa shape index (κ1) is 26.6. The van der Waals surface area contributed by atoms with Crippen molar-refractivity contribution >= 4 is 29.6 Å². The molecule has 0 saturated heterocycles. The van der Waals surface area contributed by atoms with Crippen molar-refractivity contribution in [2.45, 2.75) is 26.2 Å². The Hall–Kier alpha value is -4.02. The summed E-state index contributed by atoms with van der Waals surface area (Å²) in [5, 5.41) is 15.3. The number of nitrogens with one attached hydrogen (secondary N) is 2. The number of dihydropyridines is 1. The van der Waals surface area contributed by atoms with Crippen LogP contribution < -0.4 is 15.4 Å². The third-order valence-corrected chi connectivity index (χ3v) is 5.90. The van der Waals surface area contributed by atoms with E-state index in [-0.39, 0.29) is 25.5 Å². The van der Waals surface area contributed by atoms with Gasteiger partial charge in [-0.1, -0.05) is 48.0 Å². The topological polar surface area (TPSA) is 100 Å². The van der Waals surface area contributed by atoms with Gasteiger partial charge in [0.15, 0.2) is 0 Å². The van der Waals surface area contributed by atoms with Crippen LogP contribution in [0, 0.1) is 11.3 Å². The lowest BCUT2D eigenvalue weighted by Crippen LogP contribution is -2.36. The third kappa shape index (κ3) is 6.55. The summed E-state index contributed by atoms with van der Waals surface area (Å²) in [4.78, 5) is 26.4. The number of benzene rings is 2. The van der Waals surface area contributed by atoms with Gasteiger partial charge in [-0.05, 0) is 49.2 Å². The van der Waals surface area contributed by atoms with Gasteiger partial charge in [0.2, 0.25) is 5.91 Å². The highest BCUT2D eigenvalue weighted by molar-refractivity contribution is 6.30. The van der Waals surface area contributed by atoms with E-state index < -0.39 is 11.9 Å². The molecule has 0 aromatic heterocycles. The standard InChI is InChI=1S/C28H28ClN3O4/c1-18-24(27(33)31-15-5-7-20-10-12-23(35-3)13-11-20)26(21-8-4-9-22(29)17-21)25(19(2)32-18)28(34)36-16-6-14-30/h4-5,7-13,17,26,32H,6,15-16H2,1-3H3,(H,31,33). The Balaban J connectivity index is 1.85. The largest absolute Gasteiger partial charge is 0.497 e. The first-order valence-corrected chi connectivity index (χ1v) is 11.8. The normalized spacial score (nSPS) is 15.4. The zero-order valence-electron chi connectivity index (χ0n) is 20.4. The first-order chi connectivity index (χ1) is 17.3. The summed E-state index contributed by atoms with van der Waals surface area (Å²) in [7, 11) is 1.61. The lowest BCUT2D eigenvalue weighted by Gasteiger charge is -2.31. The summed E-state index contributed by atoms with van der Waals surface area (Å²) < 4.78 is 10.5. The number of esters is 1. The Morgan fingerprint density at radius 2 is 1.86 bits per heavy atom. The molecule has 2 N–H and O–H groups in total. The van der Waals surface area contributed by atoms with Crippen molar-refractivity contribution in [2.24, 2.45) is 0 Å². The second kappa shape index (κ2) is 12.6. The summed E-state index contributed by atoms with van der Waals surface area (Å²) >= 11 is 6.26. The van der Waals surface area contributed by atoms with Crippen LogP contribution in [0.15, 0.2) is 77.1 Å². The zero-order chi connectivity index (χ0) is 26.1. The molecule has 2 aromatic carbocycles. The Bertz CT molecular complexity index is 1260. The van der Waals surface area contributed by atoms with Crippen molar-refractivity contribution in [3.8, 4) is 11.8 Å². The van der Waals surface area contributed by atoms with Crippen molar-refractivity contribution in [2.75, 3.05) is 20.3 Å². The second-order valence-electron chi connectivity index (χ2n) is 8.12. The molecule has 2 aromatic rings. The van der Waals surface area contributed by atoms with E-state index in [0.717, 1.165) is 11.3 Å². The third-order valence-electron chi connectivity index (χ3n) is 5.66. The van der Waals surface area contributed by atoms with E-state index in [1.165, 1.54) is 0 Å². The molecule has 0 radical (unpaired) electrons. The number of halogens is 1. The van der Waals surface area contributed by atoms with Crippen LogP contribution in [0.1, 0.15) is 37.3 Å². The smallest absolute Gasteiger partial charge is 0.336 e. The fraction of sp³-hybridized carbons (Fsp3) is 0.250. The van der Waals surface area contributed by atoms with Gasteiger partial charge >= 0.3 is 5.97 Å². The molecule has 1 heterocycles. The van der Waals surface area contributed by atoms with Gasteiger partial charge in [-0.25, -0.2) is 4.79 Å². The van der Waals surface area contributed by atoms with E-state index in [1.807, 2.05) is 48.6 Å². The fourth-order valence-electron chi connectivity index (χ4n) is 4.01. The number of nitriles is 1. The van der Waals surface area contributed by atoms with E-state index in [0.29, 0.717) is 33.1 Å². The van der Waals surface area contributed by atoms with Gasteiger partial charge in [-0.15, -0.1) is 0 Å². The molecule has 1 unspecified atom stereocenters. The average Bonchev–Trinajstić information content (AvgIpc) is 2.86. The number of hydrogen-bond acceptors (Lipinski definition) is 6. The predicted octanol–water partition coefficient (Wildman–Crippen LogP) is 4.87. The molecule has 3 rings (SSSR count). The Morgan fingerprint density at radius 1 is 1.14 bits per heavy atom. The number of nitrogens with zero attached hydrogens (tertiary/aromatic N) is 1. The summed E-state index contributed by atoms with van der Waals surface area (Å²) in [6.07, 6.45) is 3.82. The number of rotatable bonds is 9. The molecule has 0 saturated carbocycles. The van der Waals surface area contributed by atoms with Gasteiger partial charge in [-0.3, -0.25) is 4.79 Å². The molecule has 0 spiro atoms. The van der Waals surface area contributed by atoms with Crippen LogP contribution >= 0.6 is 11.6 Å². The van der Waals surface area contributed by atoms with E-state index in [9.17, 15) is 9.59 Å². The number of allylic oxidation sites excluding steroid dienone is 2. The number of amides is 1. The van der Waals surface area contributed by atoms with Crippen LogP contribution in [0.3, 0.4) is 0 Å². The molecule has 7 nitrogen and oxygen atoms in total. The number of carbonyl (C=O) groups excluding carboxylic acids is 2. The molecule has 0 fully saturated rings. The number of ether oxygens (including phenoxy) is 2. The van der Waals surface area contributed by atoms with E-state index >= 15 is 0 Å². The van der Waals surface area contributed by atoms with Gasteiger partial charge in [0.1, 0.15) is 12.4 Å². The molecule has 0 bridgehead atoms. The van der Waals surface area contributed by atoms with E-state index in [4.69, 9.17) is 26.3 Å². The minimum Gasteiger partial charge on any atom is -0.497 e. The van der Waals surface area contributed by atoms with E-state index in [2.05, 4.69) is 10.6 Å². The minimum absolute atomic E-state index is 0.0330. The summed E-state index contributed by atoms with van der Waals surface area (Å²) in [6.45, 7) is 3.80. The SMILES string of the molecule is COc1ccc(C=CCNC(=O)C2=C(C)NC(C)=C(C(=O)OCCC#N)C2c2cccc(Cl)c2)cc1. The Kier molecular flexibility index (Phi) is 9.32. The summed E-state index contributed by atoms with van der Waals surface area (Å²) in [6, 6.07) is 16.6. The summed E-state index contributed by atoms with van der Waals surface area (Å²) in [5.41, 5.74) is 3.57. The molecule has 8 heteroatoms. The lowest BCUT2D eigenvalue weighted by atomic mass is 9.80. The molecular weight excluding hydrogens is 478 g/mol. The monoisotopic (exact) mass is 505 g/mol. The highest BCUT2D eigenvalue weighted by atomic mass is 35.5. The van der Waals surface area contributed by atoms with Crippen LogP contribution in [-0.4, -0.2) is 32.1 Å². The predicted molar refractivity (Wildman–Crippen MR) is 139 cm³/mol. The molecular formula is C28H28ClN3O4. The maximum Gasteiger partial charge on any atom is 0.336 e. The van der Waals surface area contributed by atoms with Crippen LogP contribution in [0.25, 0.3) is 6.08 Å². The van der Waals surface area contributed by atoms with Crippen molar-refractivity contribution in [1.29, 1.82) is 5.26 Å². The number of hydrogen-bond donors (Lipinski definition) is 2. The Labute approximate surface area is 216 Å². The molecule has 0 aliphatic carbocycles. The van der Waals surface area contributed by atoms with Crippen molar-refractivity contribution in [3.63, 3.8) is 0 Å². The fourth-order valence-corrected chi connectivity index (χ4v) is 4.21. The number of methoxy groups -OCH3 is 1. The maximum absolute atomic E-state index is 13.4. The van der Waals surface area contributed by atoms with Crippen molar-refractivity contribution in [1.82, 2.24) is 10.6 Å². The van der Waals surface area contributed by atoms with Crippen LogP contribution in [-0.2, 0) is 14.3 Å². The Morgan fingerprint density at radius 3 is 2.53 bits per heavy atom. The van der Waals surface area contributed by atoms with Crippen molar-refractivity contribution in [3.05, 3.63) is 93.3 Å².